The third kappa shape index (κ3) is 4.48. The molecule has 6 nitrogen and oxygen atoms in total. The van der Waals surface area contributed by atoms with Gasteiger partial charge >= 0.3 is 0 Å². The zero-order valence-corrected chi connectivity index (χ0v) is 15.2. The highest BCUT2D eigenvalue weighted by Gasteiger charge is 2.25. The number of aromatic nitrogens is 1. The standard InChI is InChI=1S/C19H19N3O3S/c1-14-21-16(13-26-14)11-25-18-5-3-2-4-15(18)6-7-19(23)22-8-9-24-12-17(22)10-20/h2-7,13,17H,8-9,11-12H2,1H3. The molecule has 1 aromatic heterocycles. The molecule has 7 heteroatoms. The molecular weight excluding hydrogens is 350 g/mol. The Hall–Kier alpha value is -2.69. The Morgan fingerprint density at radius 2 is 2.38 bits per heavy atom. The highest BCUT2D eigenvalue weighted by molar-refractivity contribution is 7.09. The van der Waals surface area contributed by atoms with Gasteiger partial charge in [-0.15, -0.1) is 11.3 Å². The Morgan fingerprint density at radius 3 is 3.15 bits per heavy atom. The van der Waals surface area contributed by atoms with Gasteiger partial charge in [-0.1, -0.05) is 18.2 Å². The van der Waals surface area contributed by atoms with Crippen LogP contribution in [0, 0.1) is 18.3 Å². The van der Waals surface area contributed by atoms with Crippen molar-refractivity contribution < 1.29 is 14.3 Å². The van der Waals surface area contributed by atoms with Crippen LogP contribution in [0.25, 0.3) is 6.08 Å². The maximum atomic E-state index is 12.4. The summed E-state index contributed by atoms with van der Waals surface area (Å²) in [6.45, 7) is 3.45. The zero-order valence-electron chi connectivity index (χ0n) is 14.4. The number of ether oxygens (including phenoxy) is 2. The van der Waals surface area contributed by atoms with E-state index >= 15 is 0 Å². The summed E-state index contributed by atoms with van der Waals surface area (Å²) in [5, 5.41) is 12.1. The second-order valence-corrected chi connectivity index (χ2v) is 6.83. The summed E-state index contributed by atoms with van der Waals surface area (Å²) in [4.78, 5) is 18.3. The van der Waals surface area contributed by atoms with Crippen molar-refractivity contribution in [2.24, 2.45) is 0 Å². The number of thiazole rings is 1. The van der Waals surface area contributed by atoms with Crippen LogP contribution in [0.4, 0.5) is 0 Å². The van der Waals surface area contributed by atoms with Crippen molar-refractivity contribution in [3.8, 4) is 11.8 Å². The van der Waals surface area contributed by atoms with Gasteiger partial charge in [-0.2, -0.15) is 5.26 Å². The minimum absolute atomic E-state index is 0.204. The van der Waals surface area contributed by atoms with Crippen LogP contribution in [0.5, 0.6) is 5.75 Å². The maximum Gasteiger partial charge on any atom is 0.247 e. The van der Waals surface area contributed by atoms with Crippen molar-refractivity contribution in [1.29, 1.82) is 5.26 Å². The summed E-state index contributed by atoms with van der Waals surface area (Å²) in [6, 6.07) is 9.07. The van der Waals surface area contributed by atoms with Crippen LogP contribution in [-0.2, 0) is 16.1 Å². The molecule has 26 heavy (non-hydrogen) atoms. The summed E-state index contributed by atoms with van der Waals surface area (Å²) >= 11 is 1.58. The predicted octanol–water partition coefficient (Wildman–Crippen LogP) is 2.79. The molecule has 1 atom stereocenters. The Bertz CT molecular complexity index is 841. The lowest BCUT2D eigenvalue weighted by molar-refractivity contribution is -0.132. The number of nitriles is 1. The molecule has 1 aliphatic rings. The molecule has 1 aliphatic heterocycles. The van der Waals surface area contributed by atoms with Crippen molar-refractivity contribution in [3.63, 3.8) is 0 Å². The number of benzene rings is 1. The van der Waals surface area contributed by atoms with E-state index < -0.39 is 6.04 Å². The van der Waals surface area contributed by atoms with Crippen LogP contribution in [0.15, 0.2) is 35.7 Å². The van der Waals surface area contributed by atoms with Crippen LogP contribution >= 0.6 is 11.3 Å². The van der Waals surface area contributed by atoms with Crippen LogP contribution in [-0.4, -0.2) is 41.6 Å². The van der Waals surface area contributed by atoms with Crippen molar-refractivity contribution >= 4 is 23.3 Å². The Morgan fingerprint density at radius 1 is 1.54 bits per heavy atom. The summed E-state index contributed by atoms with van der Waals surface area (Å²) in [7, 11) is 0. The first-order chi connectivity index (χ1) is 12.7. The fourth-order valence-corrected chi connectivity index (χ4v) is 3.20. The number of carbonyl (C=O) groups is 1. The number of carbonyl (C=O) groups excluding carboxylic acids is 1. The molecule has 0 saturated carbocycles. The van der Waals surface area contributed by atoms with E-state index in [1.165, 1.54) is 11.0 Å². The average molecular weight is 369 g/mol. The van der Waals surface area contributed by atoms with Gasteiger partial charge in [0.15, 0.2) is 0 Å². The molecule has 1 fully saturated rings. The predicted molar refractivity (Wildman–Crippen MR) is 98.6 cm³/mol. The molecule has 0 N–H and O–H groups in total. The molecule has 1 amide bonds. The molecule has 1 unspecified atom stereocenters. The highest BCUT2D eigenvalue weighted by atomic mass is 32.1. The Balaban J connectivity index is 1.68. The normalized spacial score (nSPS) is 17.2. The fraction of sp³-hybridized carbons (Fsp3) is 0.316. The number of hydrogen-bond acceptors (Lipinski definition) is 6. The average Bonchev–Trinajstić information content (AvgIpc) is 3.10. The molecule has 1 saturated heterocycles. The van der Waals surface area contributed by atoms with Crippen molar-refractivity contribution in [2.45, 2.75) is 19.6 Å². The fourth-order valence-electron chi connectivity index (χ4n) is 2.61. The van der Waals surface area contributed by atoms with Gasteiger partial charge in [-0.05, 0) is 19.1 Å². The lowest BCUT2D eigenvalue weighted by Gasteiger charge is -2.30. The minimum atomic E-state index is -0.541. The summed E-state index contributed by atoms with van der Waals surface area (Å²) in [5.41, 5.74) is 1.68. The minimum Gasteiger partial charge on any atom is -0.487 e. The molecule has 2 heterocycles. The third-order valence-corrected chi connectivity index (χ3v) is 4.75. The number of rotatable bonds is 5. The second-order valence-electron chi connectivity index (χ2n) is 5.77. The van der Waals surface area contributed by atoms with E-state index in [1.54, 1.807) is 17.4 Å². The van der Waals surface area contributed by atoms with Crippen LogP contribution in [0.3, 0.4) is 0 Å². The van der Waals surface area contributed by atoms with Gasteiger partial charge in [-0.3, -0.25) is 4.79 Å². The number of nitrogens with zero attached hydrogens (tertiary/aromatic N) is 3. The van der Waals surface area contributed by atoms with Crippen LogP contribution in [0.2, 0.25) is 0 Å². The van der Waals surface area contributed by atoms with Crippen LogP contribution < -0.4 is 4.74 Å². The number of para-hydroxylation sites is 1. The summed E-state index contributed by atoms with van der Waals surface area (Å²) in [5.74, 6) is 0.478. The monoisotopic (exact) mass is 369 g/mol. The van der Waals surface area contributed by atoms with E-state index in [9.17, 15) is 4.79 Å². The Labute approximate surface area is 156 Å². The van der Waals surface area contributed by atoms with Crippen molar-refractivity contribution in [2.75, 3.05) is 19.8 Å². The maximum absolute atomic E-state index is 12.4. The number of amides is 1. The van der Waals surface area contributed by atoms with E-state index in [2.05, 4.69) is 11.1 Å². The van der Waals surface area contributed by atoms with Gasteiger partial charge in [0, 0.05) is 23.6 Å². The number of hydrogen-bond donors (Lipinski definition) is 0. The highest BCUT2D eigenvalue weighted by Crippen LogP contribution is 2.21. The number of morpholine rings is 1. The topological polar surface area (TPSA) is 75.4 Å². The van der Waals surface area contributed by atoms with Gasteiger partial charge in [0.1, 0.15) is 18.4 Å². The molecule has 3 rings (SSSR count). The lowest BCUT2D eigenvalue weighted by atomic mass is 10.1. The molecular formula is C19H19N3O3S. The second kappa shape index (κ2) is 8.61. The SMILES string of the molecule is Cc1nc(COc2ccccc2C=CC(=O)N2CCOCC2C#N)cs1. The van der Waals surface area contributed by atoms with Gasteiger partial charge in [-0.25, -0.2) is 4.98 Å². The molecule has 0 aliphatic carbocycles. The molecule has 1 aromatic carbocycles. The summed E-state index contributed by atoms with van der Waals surface area (Å²) < 4.78 is 11.1. The summed E-state index contributed by atoms with van der Waals surface area (Å²) in [6.07, 6.45) is 3.19. The molecule has 2 aromatic rings. The lowest BCUT2D eigenvalue weighted by Crippen LogP contribution is -2.47. The van der Waals surface area contributed by atoms with Gasteiger partial charge < -0.3 is 14.4 Å². The molecule has 0 bridgehead atoms. The largest absolute Gasteiger partial charge is 0.487 e. The first kappa shape index (κ1) is 18.1. The van der Waals surface area contributed by atoms with E-state index in [-0.39, 0.29) is 12.5 Å². The zero-order chi connectivity index (χ0) is 18.4. The molecule has 0 radical (unpaired) electrons. The molecule has 0 spiro atoms. The van der Waals surface area contributed by atoms with E-state index in [4.69, 9.17) is 14.7 Å². The Kier molecular flexibility index (Phi) is 6.00. The van der Waals surface area contributed by atoms with Gasteiger partial charge in [0.2, 0.25) is 5.91 Å². The van der Waals surface area contributed by atoms with Crippen molar-refractivity contribution in [1.82, 2.24) is 9.88 Å². The van der Waals surface area contributed by atoms with Gasteiger partial charge in [0.05, 0.1) is 30.0 Å². The first-order valence-corrected chi connectivity index (χ1v) is 9.14. The van der Waals surface area contributed by atoms with Crippen molar-refractivity contribution in [3.05, 3.63) is 52.0 Å². The first-order valence-electron chi connectivity index (χ1n) is 8.26. The smallest absolute Gasteiger partial charge is 0.247 e. The number of aryl methyl sites for hydroxylation is 1. The van der Waals surface area contributed by atoms with Crippen LogP contribution in [0.1, 0.15) is 16.3 Å². The van der Waals surface area contributed by atoms with E-state index in [0.717, 1.165) is 16.3 Å². The van der Waals surface area contributed by atoms with E-state index in [0.29, 0.717) is 25.5 Å². The third-order valence-electron chi connectivity index (χ3n) is 3.93. The van der Waals surface area contributed by atoms with Gasteiger partial charge in [0.25, 0.3) is 0 Å². The quantitative estimate of drug-likeness (QED) is 0.758. The van der Waals surface area contributed by atoms with E-state index in [1.807, 2.05) is 36.6 Å². The molecule has 134 valence electrons.